The summed E-state index contributed by atoms with van der Waals surface area (Å²) in [5.74, 6) is -0.102. The highest BCUT2D eigenvalue weighted by Gasteiger charge is 2.12. The van der Waals surface area contributed by atoms with Crippen LogP contribution in [0.4, 0.5) is 0 Å². The first-order chi connectivity index (χ1) is 13.1. The number of nitrogens with one attached hydrogen (secondary N) is 2. The van der Waals surface area contributed by atoms with Gasteiger partial charge in [-0.15, -0.1) is 0 Å². The second-order valence-corrected chi connectivity index (χ2v) is 6.59. The van der Waals surface area contributed by atoms with Crippen molar-refractivity contribution in [1.82, 2.24) is 19.9 Å². The van der Waals surface area contributed by atoms with Crippen LogP contribution in [-0.2, 0) is 11.3 Å². The Morgan fingerprint density at radius 1 is 1.15 bits per heavy atom. The Bertz CT molecular complexity index is 1160. The van der Waals surface area contributed by atoms with E-state index in [0.717, 1.165) is 16.5 Å². The zero-order valence-corrected chi connectivity index (χ0v) is 15.0. The Labute approximate surface area is 155 Å². The van der Waals surface area contributed by atoms with Gasteiger partial charge in [-0.3, -0.25) is 14.2 Å². The second-order valence-electron chi connectivity index (χ2n) is 6.59. The smallest absolute Gasteiger partial charge is 0.277 e. The number of hydrogen-bond donors (Lipinski definition) is 2. The molecular weight excluding hydrogens is 340 g/mol. The minimum absolute atomic E-state index is 0.0790. The molecule has 2 aromatic carbocycles. The number of nitrogens with zero attached hydrogens (tertiary/aromatic N) is 2. The molecule has 4 rings (SSSR count). The Hall–Kier alpha value is -3.41. The zero-order valence-electron chi connectivity index (χ0n) is 15.0. The van der Waals surface area contributed by atoms with Gasteiger partial charge in [0.05, 0.1) is 12.4 Å². The van der Waals surface area contributed by atoms with Crippen molar-refractivity contribution in [3.63, 3.8) is 0 Å². The first-order valence-corrected chi connectivity index (χ1v) is 8.93. The fourth-order valence-electron chi connectivity index (χ4n) is 3.26. The van der Waals surface area contributed by atoms with Gasteiger partial charge in [0.1, 0.15) is 11.0 Å². The molecule has 0 aliphatic rings. The molecule has 0 aliphatic heterocycles. The van der Waals surface area contributed by atoms with Gasteiger partial charge in [0.25, 0.3) is 5.56 Å². The van der Waals surface area contributed by atoms with Crippen LogP contribution in [0.5, 0.6) is 0 Å². The molecule has 0 spiro atoms. The molecule has 0 saturated heterocycles. The number of carbonyl (C=O) groups is 1. The molecule has 1 amide bonds. The predicted molar refractivity (Wildman–Crippen MR) is 105 cm³/mol. The summed E-state index contributed by atoms with van der Waals surface area (Å²) in [4.78, 5) is 32.5. The summed E-state index contributed by atoms with van der Waals surface area (Å²) in [5.41, 5.74) is 2.89. The standard InChI is InChI=1S/C21H20N4O2/c1-14(15-7-3-2-4-8-15)23-18(26)11-12-25-13-22-19-16-9-5-6-10-17(16)24-20(19)21(25)27/h2-10,13-14,24H,11-12H2,1H3,(H,23,26)/t14-/m1/s1. The zero-order chi connectivity index (χ0) is 18.8. The third-order valence-corrected chi connectivity index (χ3v) is 4.74. The molecule has 0 aliphatic carbocycles. The summed E-state index contributed by atoms with van der Waals surface area (Å²) < 4.78 is 1.48. The van der Waals surface area contributed by atoms with Crippen LogP contribution in [0.1, 0.15) is 24.9 Å². The van der Waals surface area contributed by atoms with E-state index in [0.29, 0.717) is 11.0 Å². The molecule has 2 heterocycles. The van der Waals surface area contributed by atoms with E-state index >= 15 is 0 Å². The van der Waals surface area contributed by atoms with Crippen molar-refractivity contribution in [3.05, 3.63) is 76.8 Å². The summed E-state index contributed by atoms with van der Waals surface area (Å²) in [6.45, 7) is 2.22. The first kappa shape index (κ1) is 17.0. The van der Waals surface area contributed by atoms with E-state index in [2.05, 4.69) is 15.3 Å². The number of hydrogen-bond acceptors (Lipinski definition) is 3. The lowest BCUT2D eigenvalue weighted by molar-refractivity contribution is -0.121. The van der Waals surface area contributed by atoms with Crippen molar-refractivity contribution in [2.24, 2.45) is 0 Å². The molecule has 0 radical (unpaired) electrons. The van der Waals surface area contributed by atoms with Gasteiger partial charge < -0.3 is 10.3 Å². The largest absolute Gasteiger partial charge is 0.350 e. The minimum Gasteiger partial charge on any atom is -0.350 e. The minimum atomic E-state index is -0.167. The molecule has 27 heavy (non-hydrogen) atoms. The van der Waals surface area contributed by atoms with E-state index in [4.69, 9.17) is 0 Å². The average molecular weight is 360 g/mol. The number of fused-ring (bicyclic) bond motifs is 3. The number of aromatic amines is 1. The highest BCUT2D eigenvalue weighted by Crippen LogP contribution is 2.20. The number of carbonyl (C=O) groups excluding carboxylic acids is 1. The van der Waals surface area contributed by atoms with E-state index < -0.39 is 0 Å². The maximum absolute atomic E-state index is 12.7. The van der Waals surface area contributed by atoms with E-state index in [1.807, 2.05) is 61.5 Å². The van der Waals surface area contributed by atoms with Gasteiger partial charge >= 0.3 is 0 Å². The normalized spacial score (nSPS) is 12.3. The van der Waals surface area contributed by atoms with Crippen molar-refractivity contribution < 1.29 is 4.79 Å². The summed E-state index contributed by atoms with van der Waals surface area (Å²) in [5, 5.41) is 3.88. The third kappa shape index (κ3) is 3.33. The quantitative estimate of drug-likeness (QED) is 0.574. The Balaban J connectivity index is 1.49. The molecule has 136 valence electrons. The van der Waals surface area contributed by atoms with Crippen LogP contribution in [0.15, 0.2) is 65.7 Å². The van der Waals surface area contributed by atoms with E-state index in [1.54, 1.807) is 0 Å². The van der Waals surface area contributed by atoms with Gasteiger partial charge in [-0.2, -0.15) is 0 Å². The number of aryl methyl sites for hydroxylation is 1. The Kier molecular flexibility index (Phi) is 4.46. The van der Waals surface area contributed by atoms with Crippen LogP contribution in [0.2, 0.25) is 0 Å². The molecule has 2 N–H and O–H groups in total. The lowest BCUT2D eigenvalue weighted by Gasteiger charge is -2.14. The van der Waals surface area contributed by atoms with Crippen molar-refractivity contribution in [2.45, 2.75) is 25.9 Å². The van der Waals surface area contributed by atoms with Gasteiger partial charge in [-0.1, -0.05) is 48.5 Å². The number of H-pyrrole nitrogens is 1. The fourth-order valence-corrected chi connectivity index (χ4v) is 3.26. The van der Waals surface area contributed by atoms with Crippen molar-refractivity contribution in [2.75, 3.05) is 0 Å². The fraction of sp³-hybridized carbons (Fsp3) is 0.190. The maximum atomic E-state index is 12.7. The molecule has 0 saturated carbocycles. The molecule has 2 aromatic heterocycles. The van der Waals surface area contributed by atoms with Crippen LogP contribution >= 0.6 is 0 Å². The van der Waals surface area contributed by atoms with Gasteiger partial charge in [0.2, 0.25) is 5.91 Å². The maximum Gasteiger partial charge on any atom is 0.277 e. The van der Waals surface area contributed by atoms with Crippen LogP contribution in [-0.4, -0.2) is 20.4 Å². The van der Waals surface area contributed by atoms with Gasteiger partial charge in [-0.05, 0) is 18.6 Å². The van der Waals surface area contributed by atoms with E-state index in [-0.39, 0.29) is 30.5 Å². The molecule has 6 nitrogen and oxygen atoms in total. The SMILES string of the molecule is C[C@@H](NC(=O)CCn1cnc2c([nH]c3ccccc32)c1=O)c1ccccc1. The molecular formula is C21H20N4O2. The third-order valence-electron chi connectivity index (χ3n) is 4.74. The molecule has 0 bridgehead atoms. The summed E-state index contributed by atoms with van der Waals surface area (Å²) >= 11 is 0. The van der Waals surface area contributed by atoms with Crippen LogP contribution < -0.4 is 10.9 Å². The molecule has 4 aromatic rings. The first-order valence-electron chi connectivity index (χ1n) is 8.93. The van der Waals surface area contributed by atoms with Crippen molar-refractivity contribution in [1.29, 1.82) is 0 Å². The molecule has 1 atom stereocenters. The molecule has 0 fully saturated rings. The summed E-state index contributed by atoms with van der Waals surface area (Å²) in [7, 11) is 0. The van der Waals surface area contributed by atoms with Gasteiger partial charge in [0, 0.05) is 23.9 Å². The topological polar surface area (TPSA) is 79.8 Å². The monoisotopic (exact) mass is 360 g/mol. The Morgan fingerprint density at radius 2 is 1.89 bits per heavy atom. The highest BCUT2D eigenvalue weighted by atomic mass is 16.2. The predicted octanol–water partition coefficient (Wildman–Crippen LogP) is 3.15. The van der Waals surface area contributed by atoms with Crippen LogP contribution in [0, 0.1) is 0 Å². The summed E-state index contributed by atoms with van der Waals surface area (Å²) in [6.07, 6.45) is 1.73. The number of rotatable bonds is 5. The number of aromatic nitrogens is 3. The lowest BCUT2D eigenvalue weighted by Crippen LogP contribution is -2.29. The van der Waals surface area contributed by atoms with E-state index in [9.17, 15) is 9.59 Å². The number of benzene rings is 2. The van der Waals surface area contributed by atoms with Gasteiger partial charge in [-0.25, -0.2) is 4.98 Å². The van der Waals surface area contributed by atoms with Crippen molar-refractivity contribution in [3.8, 4) is 0 Å². The average Bonchev–Trinajstić information content (AvgIpc) is 3.08. The van der Waals surface area contributed by atoms with Gasteiger partial charge in [0.15, 0.2) is 0 Å². The lowest BCUT2D eigenvalue weighted by atomic mass is 10.1. The molecule has 0 unspecified atom stereocenters. The number of amides is 1. The molecule has 6 heteroatoms. The number of para-hydroxylation sites is 1. The van der Waals surface area contributed by atoms with Crippen LogP contribution in [0.3, 0.4) is 0 Å². The van der Waals surface area contributed by atoms with E-state index in [1.165, 1.54) is 10.9 Å². The van der Waals surface area contributed by atoms with Crippen LogP contribution in [0.25, 0.3) is 21.9 Å². The summed E-state index contributed by atoms with van der Waals surface area (Å²) in [6, 6.07) is 17.4. The second kappa shape index (κ2) is 7.07. The van der Waals surface area contributed by atoms with Crippen molar-refractivity contribution >= 4 is 27.8 Å². The highest BCUT2D eigenvalue weighted by molar-refractivity contribution is 6.04. The Morgan fingerprint density at radius 3 is 2.70 bits per heavy atom.